The molecule has 0 spiro atoms. The van der Waals surface area contributed by atoms with Crippen LogP contribution in [-0.2, 0) is 6.54 Å². The van der Waals surface area contributed by atoms with Crippen LogP contribution < -0.4 is 5.32 Å². The van der Waals surface area contributed by atoms with Gasteiger partial charge in [0.2, 0.25) is 0 Å². The molecule has 0 atom stereocenters. The smallest absolute Gasteiger partial charge is 0.196 e. The minimum Gasteiger partial charge on any atom is -0.315 e. The number of hydrogen-bond acceptors (Lipinski definition) is 4. The van der Waals surface area contributed by atoms with Crippen molar-refractivity contribution in [3.05, 3.63) is 16.9 Å². The van der Waals surface area contributed by atoms with Gasteiger partial charge in [0.05, 0.1) is 17.8 Å². The second-order valence-electron chi connectivity index (χ2n) is 4.46. The van der Waals surface area contributed by atoms with Gasteiger partial charge in [-0.05, 0) is 26.4 Å². The van der Waals surface area contributed by atoms with Gasteiger partial charge in [0.15, 0.2) is 5.78 Å². The van der Waals surface area contributed by atoms with Crippen molar-refractivity contribution in [1.82, 2.24) is 20.0 Å². The van der Waals surface area contributed by atoms with E-state index < -0.39 is 0 Å². The molecule has 1 aliphatic rings. The van der Waals surface area contributed by atoms with Gasteiger partial charge in [0, 0.05) is 19.6 Å². The molecule has 0 aliphatic carbocycles. The molecule has 2 heterocycles. The lowest BCUT2D eigenvalue weighted by Crippen LogP contribution is -2.34. The third kappa shape index (κ3) is 3.10. The fourth-order valence-corrected chi connectivity index (χ4v) is 2.46. The lowest BCUT2D eigenvalue weighted by Gasteiger charge is -2.18. The maximum Gasteiger partial charge on any atom is 0.196 e. The highest BCUT2D eigenvalue weighted by molar-refractivity contribution is 6.33. The van der Waals surface area contributed by atoms with E-state index in [4.69, 9.17) is 11.6 Å². The Balaban J connectivity index is 2.04. The highest BCUT2D eigenvalue weighted by Gasteiger charge is 2.20. The molecule has 1 aliphatic heterocycles. The third-order valence-corrected chi connectivity index (χ3v) is 3.43. The molecule has 0 saturated carbocycles. The molecule has 5 nitrogen and oxygen atoms in total. The van der Waals surface area contributed by atoms with Gasteiger partial charge in [-0.2, -0.15) is 5.10 Å². The molecule has 100 valence electrons. The highest BCUT2D eigenvalue weighted by atomic mass is 35.5. The van der Waals surface area contributed by atoms with E-state index in [-0.39, 0.29) is 5.78 Å². The van der Waals surface area contributed by atoms with E-state index in [1.807, 2.05) is 6.92 Å². The number of aryl methyl sites for hydroxylation is 1. The Labute approximate surface area is 112 Å². The van der Waals surface area contributed by atoms with Gasteiger partial charge in [-0.1, -0.05) is 11.6 Å². The molecule has 0 amide bonds. The Bertz CT molecular complexity index is 410. The van der Waals surface area contributed by atoms with Crippen LogP contribution >= 0.6 is 11.6 Å². The topological polar surface area (TPSA) is 50.2 Å². The van der Waals surface area contributed by atoms with E-state index in [2.05, 4.69) is 15.3 Å². The number of nitrogens with one attached hydrogen (secondary N) is 1. The second kappa shape index (κ2) is 6.31. The van der Waals surface area contributed by atoms with Gasteiger partial charge in [0.1, 0.15) is 5.69 Å². The minimum atomic E-state index is 0.0567. The maximum atomic E-state index is 12.3. The number of hydrogen-bond donors (Lipinski definition) is 1. The zero-order valence-electron chi connectivity index (χ0n) is 10.7. The van der Waals surface area contributed by atoms with Crippen LogP contribution in [0.15, 0.2) is 6.20 Å². The second-order valence-corrected chi connectivity index (χ2v) is 4.87. The first-order valence-electron chi connectivity index (χ1n) is 6.40. The monoisotopic (exact) mass is 270 g/mol. The van der Waals surface area contributed by atoms with Crippen molar-refractivity contribution in [1.29, 1.82) is 0 Å². The zero-order chi connectivity index (χ0) is 13.0. The van der Waals surface area contributed by atoms with Crippen LogP contribution in [-0.4, -0.2) is 53.2 Å². The fraction of sp³-hybridized carbons (Fsp3) is 0.667. The van der Waals surface area contributed by atoms with Crippen molar-refractivity contribution < 1.29 is 4.79 Å². The number of nitrogens with zero attached hydrogens (tertiary/aromatic N) is 3. The van der Waals surface area contributed by atoms with Crippen molar-refractivity contribution in [2.45, 2.75) is 19.9 Å². The average molecular weight is 271 g/mol. The minimum absolute atomic E-state index is 0.0567. The number of halogens is 1. The number of carbonyl (C=O) groups excluding carboxylic acids is 1. The van der Waals surface area contributed by atoms with E-state index in [0.717, 1.165) is 32.6 Å². The van der Waals surface area contributed by atoms with Gasteiger partial charge >= 0.3 is 0 Å². The molecule has 0 bridgehead atoms. The number of ketones is 1. The summed E-state index contributed by atoms with van der Waals surface area (Å²) < 4.78 is 1.67. The number of Topliss-reactive ketones (excluding diaryl/α,β-unsaturated/α-hetero) is 1. The van der Waals surface area contributed by atoms with Crippen LogP contribution in [0, 0.1) is 0 Å². The summed E-state index contributed by atoms with van der Waals surface area (Å²) in [5, 5.41) is 7.88. The summed E-state index contributed by atoms with van der Waals surface area (Å²) in [6, 6.07) is 0. The van der Waals surface area contributed by atoms with Gasteiger partial charge in [-0.15, -0.1) is 0 Å². The quantitative estimate of drug-likeness (QED) is 0.831. The third-order valence-electron chi connectivity index (χ3n) is 3.16. The predicted octanol–water partition coefficient (Wildman–Crippen LogP) is 1.03. The van der Waals surface area contributed by atoms with E-state index in [9.17, 15) is 4.79 Å². The lowest BCUT2D eigenvalue weighted by molar-refractivity contribution is 0.0924. The van der Waals surface area contributed by atoms with E-state index in [0.29, 0.717) is 23.8 Å². The van der Waals surface area contributed by atoms with E-state index >= 15 is 0 Å². The first kappa shape index (κ1) is 13.5. The van der Waals surface area contributed by atoms with Crippen LogP contribution in [0.3, 0.4) is 0 Å². The molecule has 1 saturated heterocycles. The first-order chi connectivity index (χ1) is 8.72. The van der Waals surface area contributed by atoms with Gasteiger partial charge in [-0.3, -0.25) is 14.4 Å². The van der Waals surface area contributed by atoms with Crippen LogP contribution in [0.4, 0.5) is 0 Å². The molecule has 0 aromatic carbocycles. The summed E-state index contributed by atoms with van der Waals surface area (Å²) in [6.07, 6.45) is 2.62. The van der Waals surface area contributed by atoms with Gasteiger partial charge < -0.3 is 5.32 Å². The summed E-state index contributed by atoms with van der Waals surface area (Å²) in [6.45, 7) is 6.87. The summed E-state index contributed by atoms with van der Waals surface area (Å²) in [7, 11) is 0. The average Bonchev–Trinajstić information content (AvgIpc) is 2.57. The normalized spacial score (nSPS) is 17.7. The summed E-state index contributed by atoms with van der Waals surface area (Å²) in [4.78, 5) is 14.5. The summed E-state index contributed by atoms with van der Waals surface area (Å²) >= 11 is 6.03. The Morgan fingerprint density at radius 3 is 3.11 bits per heavy atom. The fourth-order valence-electron chi connectivity index (χ4n) is 2.22. The van der Waals surface area contributed by atoms with Crippen LogP contribution in [0.25, 0.3) is 0 Å². The SMILES string of the molecule is CCn1ncc(Cl)c1C(=O)CN1CCCNCC1. The Morgan fingerprint density at radius 1 is 1.50 bits per heavy atom. The molecule has 18 heavy (non-hydrogen) atoms. The molecule has 1 aromatic heterocycles. The molecular formula is C12H19ClN4O. The Hall–Kier alpha value is -0.910. The van der Waals surface area contributed by atoms with Crippen molar-refractivity contribution in [2.75, 3.05) is 32.7 Å². The Morgan fingerprint density at radius 2 is 2.33 bits per heavy atom. The molecule has 6 heteroatoms. The molecule has 0 radical (unpaired) electrons. The summed E-state index contributed by atoms with van der Waals surface area (Å²) in [5.74, 6) is 0.0567. The molecule has 1 fully saturated rings. The molecular weight excluding hydrogens is 252 g/mol. The molecule has 2 rings (SSSR count). The van der Waals surface area contributed by atoms with Gasteiger partial charge in [-0.25, -0.2) is 0 Å². The number of aromatic nitrogens is 2. The molecule has 1 N–H and O–H groups in total. The predicted molar refractivity (Wildman–Crippen MR) is 71.2 cm³/mol. The van der Waals surface area contributed by atoms with Gasteiger partial charge in [0.25, 0.3) is 0 Å². The van der Waals surface area contributed by atoms with Crippen molar-refractivity contribution in [3.63, 3.8) is 0 Å². The van der Waals surface area contributed by atoms with Crippen molar-refractivity contribution in [2.24, 2.45) is 0 Å². The highest BCUT2D eigenvalue weighted by Crippen LogP contribution is 2.16. The van der Waals surface area contributed by atoms with Crippen molar-refractivity contribution >= 4 is 17.4 Å². The lowest BCUT2D eigenvalue weighted by atomic mass is 10.2. The Kier molecular flexibility index (Phi) is 4.74. The number of rotatable bonds is 4. The van der Waals surface area contributed by atoms with E-state index in [1.165, 1.54) is 0 Å². The van der Waals surface area contributed by atoms with Crippen molar-refractivity contribution in [3.8, 4) is 0 Å². The zero-order valence-corrected chi connectivity index (χ0v) is 11.4. The molecule has 0 unspecified atom stereocenters. The standard InChI is InChI=1S/C12H19ClN4O/c1-2-17-12(10(13)8-15-17)11(18)9-16-6-3-4-14-5-7-16/h8,14H,2-7,9H2,1H3. The van der Waals surface area contributed by atoms with Crippen LogP contribution in [0.5, 0.6) is 0 Å². The first-order valence-corrected chi connectivity index (χ1v) is 6.77. The van der Waals surface area contributed by atoms with Crippen LogP contribution in [0.2, 0.25) is 5.02 Å². The summed E-state index contributed by atoms with van der Waals surface area (Å²) in [5.41, 5.74) is 0.538. The number of carbonyl (C=O) groups is 1. The van der Waals surface area contributed by atoms with E-state index in [1.54, 1.807) is 10.9 Å². The maximum absolute atomic E-state index is 12.3. The molecule has 1 aromatic rings. The van der Waals surface area contributed by atoms with Crippen LogP contribution in [0.1, 0.15) is 23.8 Å². The largest absolute Gasteiger partial charge is 0.315 e.